The van der Waals surface area contributed by atoms with E-state index >= 15 is 0 Å². The summed E-state index contributed by atoms with van der Waals surface area (Å²) >= 11 is 0. The molecule has 0 aliphatic rings. The number of carboxylic acid groups (broad SMARTS) is 1. The molecule has 0 saturated heterocycles. The molecule has 1 aromatic carbocycles. The number of hydrogen-bond acceptors (Lipinski definition) is 2. The highest BCUT2D eigenvalue weighted by atomic mass is 16.4. The van der Waals surface area contributed by atoms with Crippen LogP contribution in [0.3, 0.4) is 0 Å². The van der Waals surface area contributed by atoms with E-state index in [2.05, 4.69) is 18.8 Å². The summed E-state index contributed by atoms with van der Waals surface area (Å²) in [5.74, 6) is -1.15. The van der Waals surface area contributed by atoms with Gasteiger partial charge in [0.15, 0.2) is 0 Å². The summed E-state index contributed by atoms with van der Waals surface area (Å²) in [6, 6.07) is 13.1. The third-order valence-electron chi connectivity index (χ3n) is 3.17. The van der Waals surface area contributed by atoms with Crippen LogP contribution >= 0.6 is 0 Å². The van der Waals surface area contributed by atoms with Gasteiger partial charge in [0, 0.05) is 6.20 Å². The van der Waals surface area contributed by atoms with Crippen LogP contribution in [0.15, 0.2) is 48.7 Å². The van der Waals surface area contributed by atoms with E-state index in [-0.39, 0.29) is 0 Å². The van der Waals surface area contributed by atoms with Crippen LogP contribution in [0.4, 0.5) is 0 Å². The molecule has 3 heteroatoms. The zero-order valence-electron chi connectivity index (χ0n) is 11.1. The van der Waals surface area contributed by atoms with Crippen molar-refractivity contribution in [2.45, 2.75) is 25.7 Å². The number of carboxylic acids is 1. The van der Waals surface area contributed by atoms with Crippen LogP contribution in [0.25, 0.3) is 0 Å². The van der Waals surface area contributed by atoms with Crippen molar-refractivity contribution < 1.29 is 9.90 Å². The molecular formula is C16H17NO2. The van der Waals surface area contributed by atoms with E-state index in [1.807, 2.05) is 24.3 Å². The summed E-state index contributed by atoms with van der Waals surface area (Å²) in [5.41, 5.74) is 2.52. The molecule has 98 valence electrons. The molecule has 0 spiro atoms. The maximum atomic E-state index is 11.5. The van der Waals surface area contributed by atoms with Crippen molar-refractivity contribution in [3.05, 3.63) is 65.5 Å². The Morgan fingerprint density at radius 3 is 2.16 bits per heavy atom. The van der Waals surface area contributed by atoms with E-state index < -0.39 is 11.9 Å². The van der Waals surface area contributed by atoms with Crippen molar-refractivity contribution in [3.63, 3.8) is 0 Å². The van der Waals surface area contributed by atoms with Gasteiger partial charge in [0.1, 0.15) is 5.92 Å². The van der Waals surface area contributed by atoms with Crippen LogP contribution < -0.4 is 0 Å². The molecule has 0 saturated carbocycles. The molecule has 0 aliphatic carbocycles. The van der Waals surface area contributed by atoms with Gasteiger partial charge in [-0.2, -0.15) is 0 Å². The highest BCUT2D eigenvalue weighted by molar-refractivity contribution is 5.79. The van der Waals surface area contributed by atoms with Crippen LogP contribution in [0, 0.1) is 0 Å². The summed E-state index contributed by atoms with van der Waals surface area (Å²) < 4.78 is 0. The zero-order chi connectivity index (χ0) is 13.8. The van der Waals surface area contributed by atoms with Gasteiger partial charge in [-0.05, 0) is 29.2 Å². The maximum absolute atomic E-state index is 11.5. The standard InChI is InChI=1S/C16H17NO2/c1-11(2)12-6-8-13(9-7-12)15(16(18)19)14-5-3-4-10-17-14/h3-11,15H,1-2H3,(H,18,19). The van der Waals surface area contributed by atoms with Gasteiger partial charge in [-0.3, -0.25) is 9.78 Å². The van der Waals surface area contributed by atoms with Gasteiger partial charge in [-0.1, -0.05) is 44.2 Å². The second-order valence-electron chi connectivity index (χ2n) is 4.85. The Balaban J connectivity index is 2.38. The molecule has 0 amide bonds. The van der Waals surface area contributed by atoms with Crippen LogP contribution in [0.2, 0.25) is 0 Å². The summed E-state index contributed by atoms with van der Waals surface area (Å²) in [6.45, 7) is 4.23. The Labute approximate surface area is 112 Å². The predicted molar refractivity (Wildman–Crippen MR) is 74.2 cm³/mol. The highest BCUT2D eigenvalue weighted by Gasteiger charge is 2.23. The van der Waals surface area contributed by atoms with Gasteiger partial charge >= 0.3 is 5.97 Å². The van der Waals surface area contributed by atoms with E-state index in [1.165, 1.54) is 5.56 Å². The highest BCUT2D eigenvalue weighted by Crippen LogP contribution is 2.25. The number of nitrogens with zero attached hydrogens (tertiary/aromatic N) is 1. The van der Waals surface area contributed by atoms with E-state index in [0.29, 0.717) is 11.6 Å². The molecule has 1 N–H and O–H groups in total. The smallest absolute Gasteiger partial charge is 0.317 e. The zero-order valence-corrected chi connectivity index (χ0v) is 11.1. The first-order chi connectivity index (χ1) is 9.09. The molecule has 1 heterocycles. The normalized spacial score (nSPS) is 12.4. The molecule has 1 unspecified atom stereocenters. The van der Waals surface area contributed by atoms with Crippen LogP contribution in [0.5, 0.6) is 0 Å². The third-order valence-corrected chi connectivity index (χ3v) is 3.17. The van der Waals surface area contributed by atoms with E-state index in [0.717, 1.165) is 5.56 Å². The summed E-state index contributed by atoms with van der Waals surface area (Å²) in [5, 5.41) is 9.42. The number of aromatic nitrogens is 1. The Hall–Kier alpha value is -2.16. The van der Waals surface area contributed by atoms with E-state index in [9.17, 15) is 9.90 Å². The average molecular weight is 255 g/mol. The fraction of sp³-hybridized carbons (Fsp3) is 0.250. The lowest BCUT2D eigenvalue weighted by Crippen LogP contribution is -2.14. The molecule has 0 aliphatic heterocycles. The van der Waals surface area contributed by atoms with Crippen molar-refractivity contribution in [1.82, 2.24) is 4.98 Å². The molecule has 19 heavy (non-hydrogen) atoms. The van der Waals surface area contributed by atoms with Crippen LogP contribution in [0.1, 0.15) is 42.5 Å². The van der Waals surface area contributed by atoms with Gasteiger partial charge in [0.05, 0.1) is 5.69 Å². The van der Waals surface area contributed by atoms with Crippen molar-refractivity contribution in [1.29, 1.82) is 0 Å². The maximum Gasteiger partial charge on any atom is 0.317 e. The minimum atomic E-state index is -0.879. The number of rotatable bonds is 4. The SMILES string of the molecule is CC(C)c1ccc(C(C(=O)O)c2ccccn2)cc1. The number of pyridine rings is 1. The number of benzene rings is 1. The van der Waals surface area contributed by atoms with E-state index in [4.69, 9.17) is 0 Å². The summed E-state index contributed by atoms with van der Waals surface area (Å²) in [7, 11) is 0. The topological polar surface area (TPSA) is 50.2 Å². The second kappa shape index (κ2) is 5.65. The van der Waals surface area contributed by atoms with Crippen molar-refractivity contribution in [2.24, 2.45) is 0 Å². The Morgan fingerprint density at radius 2 is 1.68 bits per heavy atom. The van der Waals surface area contributed by atoms with Crippen LogP contribution in [-0.4, -0.2) is 16.1 Å². The number of aliphatic carboxylic acids is 1. The molecule has 3 nitrogen and oxygen atoms in total. The largest absolute Gasteiger partial charge is 0.480 e. The average Bonchev–Trinajstić information content (AvgIpc) is 2.40. The Morgan fingerprint density at radius 1 is 1.05 bits per heavy atom. The third kappa shape index (κ3) is 2.99. The van der Waals surface area contributed by atoms with Gasteiger partial charge in [0.25, 0.3) is 0 Å². The molecule has 0 bridgehead atoms. The number of carbonyl (C=O) groups is 1. The molecule has 2 rings (SSSR count). The first kappa shape index (κ1) is 13.3. The summed E-state index contributed by atoms with van der Waals surface area (Å²) in [4.78, 5) is 15.6. The molecular weight excluding hydrogens is 238 g/mol. The van der Waals surface area contributed by atoms with Gasteiger partial charge < -0.3 is 5.11 Å². The predicted octanol–water partition coefficient (Wildman–Crippen LogP) is 3.42. The fourth-order valence-electron chi connectivity index (χ4n) is 2.06. The van der Waals surface area contributed by atoms with Crippen LogP contribution in [-0.2, 0) is 4.79 Å². The van der Waals surface area contributed by atoms with Crippen molar-refractivity contribution in [2.75, 3.05) is 0 Å². The molecule has 1 atom stereocenters. The lowest BCUT2D eigenvalue weighted by Gasteiger charge is -2.13. The molecule has 0 fully saturated rings. The first-order valence-electron chi connectivity index (χ1n) is 6.33. The van der Waals surface area contributed by atoms with Crippen molar-refractivity contribution >= 4 is 5.97 Å². The van der Waals surface area contributed by atoms with Gasteiger partial charge in [-0.25, -0.2) is 0 Å². The molecule has 0 radical (unpaired) electrons. The Kier molecular flexibility index (Phi) is 3.95. The first-order valence-corrected chi connectivity index (χ1v) is 6.33. The molecule has 2 aromatic rings. The minimum absolute atomic E-state index is 0.437. The monoisotopic (exact) mass is 255 g/mol. The molecule has 1 aromatic heterocycles. The Bertz CT molecular complexity index is 547. The fourth-order valence-corrected chi connectivity index (χ4v) is 2.06. The van der Waals surface area contributed by atoms with Gasteiger partial charge in [-0.15, -0.1) is 0 Å². The minimum Gasteiger partial charge on any atom is -0.480 e. The van der Waals surface area contributed by atoms with E-state index in [1.54, 1.807) is 24.4 Å². The van der Waals surface area contributed by atoms with Crippen molar-refractivity contribution in [3.8, 4) is 0 Å². The quantitative estimate of drug-likeness (QED) is 0.910. The second-order valence-corrected chi connectivity index (χ2v) is 4.85. The summed E-state index contributed by atoms with van der Waals surface area (Å²) in [6.07, 6.45) is 1.62. The van der Waals surface area contributed by atoms with Gasteiger partial charge in [0.2, 0.25) is 0 Å². The lowest BCUT2D eigenvalue weighted by molar-refractivity contribution is -0.137. The number of hydrogen-bond donors (Lipinski definition) is 1. The lowest BCUT2D eigenvalue weighted by atomic mass is 9.92.